The average Bonchev–Trinajstić information content (AvgIpc) is 3.65. The number of phenols is 1. The molecule has 11 nitrogen and oxygen atoms in total. The van der Waals surface area contributed by atoms with Gasteiger partial charge in [-0.3, -0.25) is 24.3 Å². The molecule has 48 heavy (non-hydrogen) atoms. The van der Waals surface area contributed by atoms with Gasteiger partial charge in [-0.2, -0.15) is 5.26 Å². The summed E-state index contributed by atoms with van der Waals surface area (Å²) in [7, 11) is 3.55. The van der Waals surface area contributed by atoms with Crippen LogP contribution >= 0.6 is 0 Å². The van der Waals surface area contributed by atoms with E-state index in [1.165, 1.54) is 4.90 Å². The summed E-state index contributed by atoms with van der Waals surface area (Å²) in [5.41, 5.74) is 5.65. The molecule has 3 aromatic carbocycles. The van der Waals surface area contributed by atoms with E-state index in [-0.39, 0.29) is 55.6 Å². The quantitative estimate of drug-likeness (QED) is 0.304. The Balaban J connectivity index is 1.37. The number of aryl methyl sites for hydroxylation is 1. The van der Waals surface area contributed by atoms with Crippen LogP contribution in [0.1, 0.15) is 66.2 Å². The van der Waals surface area contributed by atoms with Gasteiger partial charge in [0.15, 0.2) is 23.0 Å². The van der Waals surface area contributed by atoms with Gasteiger partial charge in [0.25, 0.3) is 11.8 Å². The molecule has 5 atom stereocenters. The van der Waals surface area contributed by atoms with Crippen molar-refractivity contribution >= 4 is 11.8 Å². The third kappa shape index (κ3) is 3.99. The molecule has 5 aliphatic rings. The van der Waals surface area contributed by atoms with Gasteiger partial charge >= 0.3 is 0 Å². The summed E-state index contributed by atoms with van der Waals surface area (Å²) in [5.74, 6) is 1.46. The minimum absolute atomic E-state index is 0.00670. The van der Waals surface area contributed by atoms with E-state index in [0.717, 1.165) is 33.4 Å². The molecule has 4 unspecified atom stereocenters. The largest absolute Gasteiger partial charge is 0.504 e. The molecule has 8 rings (SSSR count). The lowest BCUT2D eigenvalue weighted by molar-refractivity contribution is -0.0758. The lowest BCUT2D eigenvalue weighted by atomic mass is 9.71. The van der Waals surface area contributed by atoms with E-state index in [4.69, 9.17) is 18.9 Å². The zero-order valence-corrected chi connectivity index (χ0v) is 27.3. The summed E-state index contributed by atoms with van der Waals surface area (Å²) in [6.07, 6.45) is 2.64. The van der Waals surface area contributed by atoms with Crippen LogP contribution in [0, 0.1) is 25.2 Å². The Morgan fingerprint density at radius 2 is 1.77 bits per heavy atom. The highest BCUT2D eigenvalue weighted by molar-refractivity contribution is 6.21. The van der Waals surface area contributed by atoms with E-state index in [9.17, 15) is 20.0 Å². The molecule has 2 amide bonds. The second-order valence-corrected chi connectivity index (χ2v) is 13.1. The van der Waals surface area contributed by atoms with Gasteiger partial charge < -0.3 is 24.1 Å². The number of nitrogens with zero attached hydrogens (tertiary/aromatic N) is 4. The summed E-state index contributed by atoms with van der Waals surface area (Å²) in [6, 6.07) is 9.26. The van der Waals surface area contributed by atoms with Gasteiger partial charge in [0.05, 0.1) is 36.4 Å². The number of hydrogen-bond acceptors (Lipinski definition) is 10. The van der Waals surface area contributed by atoms with Crippen LogP contribution in [0.2, 0.25) is 0 Å². The number of piperazine rings is 1. The van der Waals surface area contributed by atoms with Gasteiger partial charge in [-0.15, -0.1) is 0 Å². The highest BCUT2D eigenvalue weighted by Gasteiger charge is 2.57. The number of rotatable bonds is 6. The lowest BCUT2D eigenvalue weighted by Crippen LogP contribution is -2.68. The maximum atomic E-state index is 13.8. The van der Waals surface area contributed by atoms with Gasteiger partial charge in [-0.25, -0.2) is 0 Å². The van der Waals surface area contributed by atoms with E-state index in [1.54, 1.807) is 37.5 Å². The standard InChI is InChI=1S/C37H36N4O7/c1-6-11-46-33-19(3)34-35(48-17-47-34)29-23(33)14-25-30-28-20(12-18(2)32(45-5)31(28)42)13-24(39(30)4)26(15-38)41(25)27(29)16-40-36(43)21-9-7-8-10-22(21)37(40)44/h6-10,12,24-27,30,42H,1,11,13-14,16-17H2,2-5H3/t24?,25?,26?,27-,30?/m0/s1. The topological polar surface area (TPSA) is 125 Å². The van der Waals surface area contributed by atoms with Crippen LogP contribution in [0.15, 0.2) is 43.0 Å². The molecular weight excluding hydrogens is 612 g/mol. The number of ether oxygens (including phenoxy) is 4. The average molecular weight is 649 g/mol. The van der Waals surface area contributed by atoms with Gasteiger partial charge in [0.2, 0.25) is 6.79 Å². The third-order valence-electron chi connectivity index (χ3n) is 10.8. The minimum atomic E-state index is -0.650. The fourth-order valence-electron chi connectivity index (χ4n) is 8.92. The highest BCUT2D eigenvalue weighted by Crippen LogP contribution is 2.58. The van der Waals surface area contributed by atoms with E-state index in [1.807, 2.05) is 20.9 Å². The number of fused-ring (bicyclic) bond motifs is 10. The first-order valence-electron chi connectivity index (χ1n) is 16.1. The number of methoxy groups -OCH3 is 1. The zero-order chi connectivity index (χ0) is 33.6. The van der Waals surface area contributed by atoms with Crippen LogP contribution in [0.25, 0.3) is 0 Å². The fraction of sp³-hybridized carbons (Fsp3) is 0.378. The van der Waals surface area contributed by atoms with Gasteiger partial charge in [-0.05, 0) is 57.0 Å². The Labute approximate surface area is 278 Å². The second kappa shape index (κ2) is 11.0. The number of amides is 2. The molecule has 0 aromatic heterocycles. The molecule has 1 fully saturated rings. The second-order valence-electron chi connectivity index (χ2n) is 13.1. The van der Waals surface area contributed by atoms with Crippen molar-refractivity contribution in [3.63, 3.8) is 0 Å². The molecule has 5 heterocycles. The lowest BCUT2D eigenvalue weighted by Gasteiger charge is -2.60. The molecule has 0 radical (unpaired) electrons. The molecular formula is C37H36N4O7. The number of aromatic hydroxyl groups is 1. The maximum Gasteiger partial charge on any atom is 0.261 e. The monoisotopic (exact) mass is 648 g/mol. The van der Waals surface area contributed by atoms with Crippen LogP contribution in [0.5, 0.6) is 28.7 Å². The Kier molecular flexibility index (Phi) is 6.95. The Morgan fingerprint density at radius 3 is 2.44 bits per heavy atom. The van der Waals surface area contributed by atoms with Crippen LogP contribution < -0.4 is 18.9 Å². The normalized spacial score (nSPS) is 25.1. The summed E-state index contributed by atoms with van der Waals surface area (Å²) < 4.78 is 24.2. The first-order chi connectivity index (χ1) is 23.2. The van der Waals surface area contributed by atoms with Crippen molar-refractivity contribution < 1.29 is 33.6 Å². The Bertz CT molecular complexity index is 1930. The number of imide groups is 1. The number of carbonyl (C=O) groups is 2. The van der Waals surface area contributed by atoms with Crippen molar-refractivity contribution in [2.24, 2.45) is 0 Å². The van der Waals surface area contributed by atoms with Crippen molar-refractivity contribution in [2.45, 2.75) is 56.9 Å². The zero-order valence-electron chi connectivity index (χ0n) is 27.3. The molecule has 246 valence electrons. The predicted molar refractivity (Wildman–Crippen MR) is 174 cm³/mol. The number of likely N-dealkylation sites (N-methyl/N-ethyl adjacent to an activating group) is 1. The number of benzene rings is 3. The van der Waals surface area contributed by atoms with E-state index in [2.05, 4.69) is 28.5 Å². The third-order valence-corrected chi connectivity index (χ3v) is 10.8. The predicted octanol–water partition coefficient (Wildman–Crippen LogP) is 4.38. The van der Waals surface area contributed by atoms with Crippen LogP contribution in [0.3, 0.4) is 0 Å². The number of phenolic OH excluding ortho intramolecular Hbond substituents is 1. The molecule has 5 aliphatic heterocycles. The first-order valence-corrected chi connectivity index (χ1v) is 16.1. The molecule has 11 heteroatoms. The molecule has 1 saturated heterocycles. The van der Waals surface area contributed by atoms with Crippen LogP contribution in [0.4, 0.5) is 0 Å². The first kappa shape index (κ1) is 30.3. The highest BCUT2D eigenvalue weighted by atomic mass is 16.7. The van der Waals surface area contributed by atoms with Crippen LogP contribution in [-0.2, 0) is 12.8 Å². The van der Waals surface area contributed by atoms with Crippen molar-refractivity contribution in [1.82, 2.24) is 14.7 Å². The van der Waals surface area contributed by atoms with Crippen molar-refractivity contribution in [3.8, 4) is 34.8 Å². The van der Waals surface area contributed by atoms with E-state index < -0.39 is 12.1 Å². The number of hydrogen-bond donors (Lipinski definition) is 1. The molecule has 2 bridgehead atoms. The summed E-state index contributed by atoms with van der Waals surface area (Å²) >= 11 is 0. The minimum Gasteiger partial charge on any atom is -0.504 e. The van der Waals surface area contributed by atoms with Gasteiger partial charge in [-0.1, -0.05) is 30.9 Å². The van der Waals surface area contributed by atoms with Gasteiger partial charge in [0.1, 0.15) is 18.4 Å². The number of nitriles is 1. The molecule has 0 saturated carbocycles. The maximum absolute atomic E-state index is 13.8. The van der Waals surface area contributed by atoms with Crippen molar-refractivity contribution in [2.75, 3.05) is 34.1 Å². The fourth-order valence-corrected chi connectivity index (χ4v) is 8.92. The summed E-state index contributed by atoms with van der Waals surface area (Å²) in [5, 5.41) is 22.7. The SMILES string of the molecule is C=CCOc1c(C)c2c(c3c1CC1C4c5c(cc(C)c(OC)c5O)CC(C(C#N)N1[C@H]3CN1C(=O)c3ccccc3C1=O)N4C)OCO2. The Morgan fingerprint density at radius 1 is 1.06 bits per heavy atom. The van der Waals surface area contributed by atoms with Crippen molar-refractivity contribution in [3.05, 3.63) is 87.5 Å². The number of carbonyl (C=O) groups excluding carboxylic acids is 2. The summed E-state index contributed by atoms with van der Waals surface area (Å²) in [6.45, 7) is 7.92. The molecule has 0 aliphatic carbocycles. The van der Waals surface area contributed by atoms with Gasteiger partial charge in [0, 0.05) is 40.9 Å². The smallest absolute Gasteiger partial charge is 0.261 e. The Hall–Kier alpha value is -5.05. The molecule has 0 spiro atoms. The van der Waals surface area contributed by atoms with E-state index >= 15 is 0 Å². The van der Waals surface area contributed by atoms with Crippen molar-refractivity contribution in [1.29, 1.82) is 5.26 Å². The van der Waals surface area contributed by atoms with Crippen LogP contribution in [-0.4, -0.2) is 83.8 Å². The van der Waals surface area contributed by atoms with E-state index in [0.29, 0.717) is 47.0 Å². The molecule has 3 aromatic rings. The molecule has 1 N–H and O–H groups in total. The summed E-state index contributed by atoms with van der Waals surface area (Å²) in [4.78, 5) is 33.3.